The summed E-state index contributed by atoms with van der Waals surface area (Å²) in [7, 11) is 0. The number of benzene rings is 1. The topological polar surface area (TPSA) is 69.2 Å². The molecule has 3 rings (SSSR count). The number of para-hydroxylation sites is 1. The summed E-state index contributed by atoms with van der Waals surface area (Å²) >= 11 is 0. The first-order chi connectivity index (χ1) is 10.2. The number of hydrogen-bond acceptors (Lipinski definition) is 4. The number of fused-ring (bicyclic) bond motifs is 1. The van der Waals surface area contributed by atoms with E-state index in [0.717, 1.165) is 31.4 Å². The molecular weight excluding hydrogens is 266 g/mol. The van der Waals surface area contributed by atoms with Gasteiger partial charge in [0, 0.05) is 13.1 Å². The number of nitrogens with one attached hydrogen (secondary N) is 1. The smallest absolute Gasteiger partial charge is 0.258 e. The Hall–Kier alpha value is -1.72. The SMILES string of the molecule is CCC1CN(Cc2nc3ccccc3c(=O)[nH]2)CCC1O. The molecule has 1 aromatic heterocycles. The Morgan fingerprint density at radius 1 is 1.43 bits per heavy atom. The minimum Gasteiger partial charge on any atom is -0.393 e. The zero-order chi connectivity index (χ0) is 14.8. The molecule has 0 aliphatic carbocycles. The third-order valence-corrected chi connectivity index (χ3v) is 4.34. The second kappa shape index (κ2) is 5.95. The highest BCUT2D eigenvalue weighted by Crippen LogP contribution is 2.21. The number of hydrogen-bond donors (Lipinski definition) is 2. The Balaban J connectivity index is 1.80. The normalized spacial score (nSPS) is 23.5. The fourth-order valence-corrected chi connectivity index (χ4v) is 3.06. The van der Waals surface area contributed by atoms with Crippen LogP contribution in [-0.4, -0.2) is 39.2 Å². The van der Waals surface area contributed by atoms with Gasteiger partial charge in [-0.15, -0.1) is 0 Å². The number of aliphatic hydroxyl groups excluding tert-OH is 1. The summed E-state index contributed by atoms with van der Waals surface area (Å²) in [6.45, 7) is 4.43. The van der Waals surface area contributed by atoms with Crippen molar-refractivity contribution >= 4 is 10.9 Å². The Morgan fingerprint density at radius 3 is 3.05 bits per heavy atom. The van der Waals surface area contributed by atoms with Gasteiger partial charge in [0.25, 0.3) is 5.56 Å². The highest BCUT2D eigenvalue weighted by Gasteiger charge is 2.26. The van der Waals surface area contributed by atoms with Crippen LogP contribution < -0.4 is 5.56 Å². The van der Waals surface area contributed by atoms with Crippen molar-refractivity contribution in [3.05, 3.63) is 40.4 Å². The van der Waals surface area contributed by atoms with E-state index < -0.39 is 0 Å². The molecule has 1 fully saturated rings. The van der Waals surface area contributed by atoms with Crippen LogP contribution in [0.5, 0.6) is 0 Å². The molecule has 21 heavy (non-hydrogen) atoms. The molecule has 0 bridgehead atoms. The van der Waals surface area contributed by atoms with Crippen molar-refractivity contribution < 1.29 is 5.11 Å². The molecule has 5 heteroatoms. The molecule has 0 amide bonds. The number of aromatic nitrogens is 2. The number of aromatic amines is 1. The number of rotatable bonds is 3. The first kappa shape index (κ1) is 14.2. The lowest BCUT2D eigenvalue weighted by molar-refractivity contribution is 0.0213. The average molecular weight is 287 g/mol. The standard InChI is InChI=1S/C16H21N3O2/c1-2-11-9-19(8-7-14(11)20)10-15-17-13-6-4-3-5-12(13)16(21)18-15/h3-6,11,14,20H,2,7-10H2,1H3,(H,17,18,21). The molecule has 2 aromatic rings. The lowest BCUT2D eigenvalue weighted by Gasteiger charge is -2.35. The number of piperidine rings is 1. The van der Waals surface area contributed by atoms with Gasteiger partial charge in [-0.25, -0.2) is 4.98 Å². The van der Waals surface area contributed by atoms with Crippen LogP contribution in [0.3, 0.4) is 0 Å². The van der Waals surface area contributed by atoms with Crippen LogP contribution >= 0.6 is 0 Å². The fraction of sp³-hybridized carbons (Fsp3) is 0.500. The van der Waals surface area contributed by atoms with Crippen LogP contribution in [0.2, 0.25) is 0 Å². The van der Waals surface area contributed by atoms with E-state index in [4.69, 9.17) is 0 Å². The molecule has 112 valence electrons. The average Bonchev–Trinajstić information content (AvgIpc) is 2.49. The maximum Gasteiger partial charge on any atom is 0.258 e. The summed E-state index contributed by atoms with van der Waals surface area (Å²) in [5, 5.41) is 10.6. The molecule has 1 aliphatic rings. The molecule has 0 radical (unpaired) electrons. The molecule has 5 nitrogen and oxygen atoms in total. The van der Waals surface area contributed by atoms with Gasteiger partial charge in [0.05, 0.1) is 23.6 Å². The Labute approximate surface area is 123 Å². The first-order valence-corrected chi connectivity index (χ1v) is 7.55. The summed E-state index contributed by atoms with van der Waals surface area (Å²) < 4.78 is 0. The van der Waals surface area contributed by atoms with E-state index in [1.807, 2.05) is 18.2 Å². The first-order valence-electron chi connectivity index (χ1n) is 7.55. The minimum atomic E-state index is -0.199. The van der Waals surface area contributed by atoms with Crippen molar-refractivity contribution in [3.8, 4) is 0 Å². The van der Waals surface area contributed by atoms with Crippen LogP contribution in [0, 0.1) is 5.92 Å². The molecule has 0 spiro atoms. The van der Waals surface area contributed by atoms with Crippen molar-refractivity contribution in [2.45, 2.75) is 32.4 Å². The van der Waals surface area contributed by atoms with Crippen LogP contribution in [0.15, 0.2) is 29.1 Å². The summed E-state index contributed by atoms with van der Waals surface area (Å²) in [6.07, 6.45) is 1.56. The summed E-state index contributed by atoms with van der Waals surface area (Å²) in [6, 6.07) is 7.39. The van der Waals surface area contributed by atoms with E-state index in [1.165, 1.54) is 0 Å². The highest BCUT2D eigenvalue weighted by molar-refractivity contribution is 5.77. The molecule has 2 unspecified atom stereocenters. The maximum atomic E-state index is 12.1. The summed E-state index contributed by atoms with van der Waals surface area (Å²) in [4.78, 5) is 21.7. The van der Waals surface area contributed by atoms with Crippen molar-refractivity contribution in [2.75, 3.05) is 13.1 Å². The summed E-state index contributed by atoms with van der Waals surface area (Å²) in [5.41, 5.74) is 0.653. The van der Waals surface area contributed by atoms with Gasteiger partial charge in [0.15, 0.2) is 0 Å². The van der Waals surface area contributed by atoms with E-state index >= 15 is 0 Å². The van der Waals surface area contributed by atoms with Gasteiger partial charge in [0.1, 0.15) is 5.82 Å². The largest absolute Gasteiger partial charge is 0.393 e. The van der Waals surface area contributed by atoms with E-state index in [2.05, 4.69) is 21.8 Å². The van der Waals surface area contributed by atoms with Crippen molar-refractivity contribution in [2.24, 2.45) is 5.92 Å². The zero-order valence-electron chi connectivity index (χ0n) is 12.2. The van der Waals surface area contributed by atoms with E-state index in [-0.39, 0.29) is 11.7 Å². The maximum absolute atomic E-state index is 12.1. The molecule has 1 aliphatic heterocycles. The van der Waals surface area contributed by atoms with Crippen LogP contribution in [0.4, 0.5) is 0 Å². The van der Waals surface area contributed by atoms with Gasteiger partial charge in [-0.1, -0.05) is 19.1 Å². The molecule has 2 N–H and O–H groups in total. The quantitative estimate of drug-likeness (QED) is 0.898. The number of H-pyrrole nitrogens is 1. The number of nitrogens with zero attached hydrogens (tertiary/aromatic N) is 2. The van der Waals surface area contributed by atoms with Crippen molar-refractivity contribution in [3.63, 3.8) is 0 Å². The molecule has 1 saturated heterocycles. The Bertz CT molecular complexity index is 683. The lowest BCUT2D eigenvalue weighted by Crippen LogP contribution is -2.42. The number of aliphatic hydroxyl groups is 1. The molecule has 1 aromatic carbocycles. The predicted molar refractivity (Wildman–Crippen MR) is 82.0 cm³/mol. The number of likely N-dealkylation sites (tertiary alicyclic amines) is 1. The van der Waals surface area contributed by atoms with Crippen molar-refractivity contribution in [1.29, 1.82) is 0 Å². The minimum absolute atomic E-state index is 0.0836. The third-order valence-electron chi connectivity index (χ3n) is 4.34. The van der Waals surface area contributed by atoms with Crippen LogP contribution in [-0.2, 0) is 6.54 Å². The van der Waals surface area contributed by atoms with E-state index in [9.17, 15) is 9.90 Å². The lowest BCUT2D eigenvalue weighted by atomic mass is 9.92. The highest BCUT2D eigenvalue weighted by atomic mass is 16.3. The summed E-state index contributed by atoms with van der Waals surface area (Å²) in [5.74, 6) is 1.01. The van der Waals surface area contributed by atoms with Gasteiger partial charge >= 0.3 is 0 Å². The molecule has 0 saturated carbocycles. The van der Waals surface area contributed by atoms with Gasteiger partial charge in [-0.05, 0) is 30.9 Å². The second-order valence-electron chi connectivity index (χ2n) is 5.79. The van der Waals surface area contributed by atoms with Gasteiger partial charge < -0.3 is 10.1 Å². The molecular formula is C16H21N3O2. The van der Waals surface area contributed by atoms with Gasteiger partial charge in [0.2, 0.25) is 0 Å². The second-order valence-corrected chi connectivity index (χ2v) is 5.79. The molecule has 2 atom stereocenters. The Kier molecular flexibility index (Phi) is 4.03. The van der Waals surface area contributed by atoms with Crippen LogP contribution in [0.25, 0.3) is 10.9 Å². The van der Waals surface area contributed by atoms with Gasteiger partial charge in [-0.3, -0.25) is 9.69 Å². The third kappa shape index (κ3) is 2.99. The predicted octanol–water partition coefficient (Wildman–Crippen LogP) is 1.52. The van der Waals surface area contributed by atoms with E-state index in [1.54, 1.807) is 6.07 Å². The van der Waals surface area contributed by atoms with Crippen molar-refractivity contribution in [1.82, 2.24) is 14.9 Å². The van der Waals surface area contributed by atoms with Crippen LogP contribution in [0.1, 0.15) is 25.6 Å². The Morgan fingerprint density at radius 2 is 2.24 bits per heavy atom. The van der Waals surface area contributed by atoms with E-state index in [0.29, 0.717) is 23.7 Å². The zero-order valence-corrected chi connectivity index (χ0v) is 12.2. The fourth-order valence-electron chi connectivity index (χ4n) is 3.06. The monoisotopic (exact) mass is 287 g/mol. The molecule has 2 heterocycles. The van der Waals surface area contributed by atoms with Gasteiger partial charge in [-0.2, -0.15) is 0 Å².